The summed E-state index contributed by atoms with van der Waals surface area (Å²) in [6.07, 6.45) is 6.54. The fraction of sp³-hybridized carbons (Fsp3) is 0.429. The van der Waals surface area contributed by atoms with E-state index in [2.05, 4.69) is 32.4 Å². The Morgan fingerprint density at radius 3 is 2.90 bits per heavy atom. The first-order valence-electron chi connectivity index (χ1n) is 9.85. The van der Waals surface area contributed by atoms with Gasteiger partial charge >= 0.3 is 0 Å². The predicted molar refractivity (Wildman–Crippen MR) is 108 cm³/mol. The number of pyridine rings is 1. The highest BCUT2D eigenvalue weighted by Gasteiger charge is 2.49. The number of hydrogen-bond donors (Lipinski definition) is 2. The van der Waals surface area contributed by atoms with E-state index in [9.17, 15) is 9.50 Å². The molecule has 8 heteroatoms. The Hall–Kier alpha value is -2.87. The van der Waals surface area contributed by atoms with Crippen LogP contribution in [0.5, 0.6) is 5.75 Å². The zero-order chi connectivity index (χ0) is 20.2. The Kier molecular flexibility index (Phi) is 4.13. The van der Waals surface area contributed by atoms with Crippen molar-refractivity contribution in [3.63, 3.8) is 0 Å². The van der Waals surface area contributed by atoms with Crippen LogP contribution in [0.3, 0.4) is 0 Å². The Morgan fingerprint density at radius 1 is 1.24 bits per heavy atom. The number of hydrogen-bond acceptors (Lipinski definition) is 7. The van der Waals surface area contributed by atoms with Gasteiger partial charge in [-0.25, -0.2) is 9.37 Å². The third-order valence-corrected chi connectivity index (χ3v) is 6.35. The maximum Gasteiger partial charge on any atom is 0.245 e. The van der Waals surface area contributed by atoms with Gasteiger partial charge in [-0.1, -0.05) is 0 Å². The van der Waals surface area contributed by atoms with E-state index in [0.717, 1.165) is 23.6 Å². The summed E-state index contributed by atoms with van der Waals surface area (Å²) in [6, 6.07) is 4.96. The molecule has 7 nitrogen and oxygen atoms in total. The smallest absolute Gasteiger partial charge is 0.245 e. The average molecular weight is 394 g/mol. The van der Waals surface area contributed by atoms with Crippen molar-refractivity contribution in [2.75, 3.05) is 11.9 Å². The maximum absolute atomic E-state index is 15.0. The van der Waals surface area contributed by atoms with Crippen molar-refractivity contribution in [2.24, 2.45) is 0 Å². The number of phenols is 1. The molecule has 4 atom stereocenters. The molecule has 2 fully saturated rings. The number of nitrogens with zero attached hydrogens (tertiary/aromatic N) is 5. The predicted octanol–water partition coefficient (Wildman–Crippen LogP) is 2.85. The molecule has 2 aromatic heterocycles. The second-order valence-electron chi connectivity index (χ2n) is 8.41. The molecule has 0 aliphatic carbocycles. The second-order valence-corrected chi connectivity index (χ2v) is 8.41. The van der Waals surface area contributed by atoms with Crippen LogP contribution < -0.4 is 10.2 Å². The van der Waals surface area contributed by atoms with Crippen molar-refractivity contribution < 1.29 is 9.50 Å². The molecule has 0 spiro atoms. The molecule has 2 aliphatic heterocycles. The summed E-state index contributed by atoms with van der Waals surface area (Å²) in [5, 5.41) is 24.1. The van der Waals surface area contributed by atoms with E-state index in [-0.39, 0.29) is 23.4 Å². The molecule has 2 aliphatic rings. The Labute approximate surface area is 168 Å². The van der Waals surface area contributed by atoms with E-state index >= 15 is 0 Å². The number of benzene rings is 1. The van der Waals surface area contributed by atoms with E-state index in [0.29, 0.717) is 23.6 Å². The fourth-order valence-corrected chi connectivity index (χ4v) is 4.69. The van der Waals surface area contributed by atoms with Crippen LogP contribution in [0.4, 0.5) is 10.3 Å². The number of fused-ring (bicyclic) bond motifs is 3. The first-order chi connectivity index (χ1) is 13.9. The van der Waals surface area contributed by atoms with Gasteiger partial charge in [0.05, 0.1) is 12.2 Å². The van der Waals surface area contributed by atoms with Gasteiger partial charge < -0.3 is 15.3 Å². The summed E-state index contributed by atoms with van der Waals surface area (Å²) >= 11 is 0. The lowest BCUT2D eigenvalue weighted by Gasteiger charge is -2.42. The number of nitrogens with one attached hydrogen (secondary N) is 1. The van der Waals surface area contributed by atoms with E-state index in [1.165, 1.54) is 0 Å². The third-order valence-electron chi connectivity index (χ3n) is 6.35. The number of phenolic OH excluding ortho intramolecular Hbond substituents is 1. The van der Waals surface area contributed by atoms with Gasteiger partial charge in [-0.05, 0) is 49.8 Å². The topological polar surface area (TPSA) is 87.1 Å². The summed E-state index contributed by atoms with van der Waals surface area (Å²) in [5.41, 5.74) is 0.979. The molecule has 4 heterocycles. The first kappa shape index (κ1) is 18.2. The van der Waals surface area contributed by atoms with Gasteiger partial charge in [-0.15, -0.1) is 10.2 Å². The van der Waals surface area contributed by atoms with Crippen molar-refractivity contribution in [3.05, 3.63) is 36.8 Å². The molecule has 5 rings (SSSR count). The fourth-order valence-electron chi connectivity index (χ4n) is 4.69. The average Bonchev–Trinajstić information content (AvgIpc) is 3.07. The Balaban J connectivity index is 1.42. The highest BCUT2D eigenvalue weighted by molar-refractivity contribution is 5.89. The summed E-state index contributed by atoms with van der Waals surface area (Å²) in [7, 11) is 1.82. The van der Waals surface area contributed by atoms with Gasteiger partial charge in [0.1, 0.15) is 17.6 Å². The molecule has 2 saturated heterocycles. The summed E-state index contributed by atoms with van der Waals surface area (Å²) < 4.78 is 15.0. The SMILES string of the molecule is CN(c1ncc(-c2cc3ccncc3cc2O)nn1)[C@H]1C[C@]2(C)CCC(N2)[C@@H]1F. The number of anilines is 1. The molecule has 0 amide bonds. The minimum Gasteiger partial charge on any atom is -0.507 e. The summed E-state index contributed by atoms with van der Waals surface area (Å²) in [6.45, 7) is 2.15. The molecule has 0 saturated carbocycles. The van der Waals surface area contributed by atoms with Crippen molar-refractivity contribution in [2.45, 2.75) is 50.0 Å². The zero-order valence-corrected chi connectivity index (χ0v) is 16.4. The van der Waals surface area contributed by atoms with Crippen LogP contribution in [0.25, 0.3) is 22.0 Å². The van der Waals surface area contributed by atoms with Gasteiger partial charge in [0.2, 0.25) is 5.95 Å². The summed E-state index contributed by atoms with van der Waals surface area (Å²) in [4.78, 5) is 10.3. The van der Waals surface area contributed by atoms with E-state index < -0.39 is 6.17 Å². The molecule has 29 heavy (non-hydrogen) atoms. The van der Waals surface area contributed by atoms with Crippen molar-refractivity contribution in [1.29, 1.82) is 0 Å². The highest BCUT2D eigenvalue weighted by Crippen LogP contribution is 2.39. The largest absolute Gasteiger partial charge is 0.507 e. The van der Waals surface area contributed by atoms with Crippen molar-refractivity contribution >= 4 is 16.7 Å². The van der Waals surface area contributed by atoms with Crippen molar-refractivity contribution in [1.82, 2.24) is 25.5 Å². The molecule has 1 unspecified atom stereocenters. The van der Waals surface area contributed by atoms with Crippen LogP contribution in [0.1, 0.15) is 26.2 Å². The molecule has 1 aromatic carbocycles. The standard InChI is InChI=1S/C21H23FN6O/c1-21-5-3-15(25-21)19(22)17(9-21)28(2)20-24-11-16(26-27-20)14-7-12-4-6-23-10-13(12)8-18(14)29/h4,6-8,10-11,15,17,19,25,29H,3,5,9H2,1-2H3/t15?,17-,19-,21-/m0/s1. The first-order valence-corrected chi connectivity index (χ1v) is 9.85. The second kappa shape index (κ2) is 6.59. The molecule has 2 N–H and O–H groups in total. The lowest BCUT2D eigenvalue weighted by molar-refractivity contribution is 0.143. The van der Waals surface area contributed by atoms with Crippen LogP contribution in [-0.4, -0.2) is 56.1 Å². The van der Waals surface area contributed by atoms with Gasteiger partial charge in [0, 0.05) is 42.0 Å². The molecule has 3 aromatic rings. The van der Waals surface area contributed by atoms with Gasteiger partial charge in [-0.3, -0.25) is 4.98 Å². The Morgan fingerprint density at radius 2 is 2.10 bits per heavy atom. The van der Waals surface area contributed by atoms with E-state index in [1.54, 1.807) is 29.6 Å². The number of aromatic hydroxyl groups is 1. The maximum atomic E-state index is 15.0. The molecular formula is C21H23FN6O. The van der Waals surface area contributed by atoms with Crippen LogP contribution >= 0.6 is 0 Å². The van der Waals surface area contributed by atoms with Gasteiger partial charge in [0.25, 0.3) is 0 Å². The molecule has 0 radical (unpaired) electrons. The lowest BCUT2D eigenvalue weighted by atomic mass is 9.88. The number of alkyl halides is 1. The van der Waals surface area contributed by atoms with Crippen LogP contribution in [-0.2, 0) is 0 Å². The zero-order valence-electron chi connectivity index (χ0n) is 16.4. The van der Waals surface area contributed by atoms with E-state index in [4.69, 9.17) is 0 Å². The molecule has 2 bridgehead atoms. The van der Waals surface area contributed by atoms with E-state index in [1.807, 2.05) is 19.2 Å². The minimum absolute atomic E-state index is 0.0364. The van der Waals surface area contributed by atoms with Crippen LogP contribution in [0.2, 0.25) is 0 Å². The number of halogens is 1. The monoisotopic (exact) mass is 394 g/mol. The van der Waals surface area contributed by atoms with Gasteiger partial charge in [-0.2, -0.15) is 0 Å². The molecule has 150 valence electrons. The highest BCUT2D eigenvalue weighted by atomic mass is 19.1. The number of piperidine rings is 1. The van der Waals surface area contributed by atoms with Crippen LogP contribution in [0.15, 0.2) is 36.8 Å². The number of rotatable bonds is 3. The molecular weight excluding hydrogens is 371 g/mol. The minimum atomic E-state index is -0.975. The third kappa shape index (κ3) is 3.07. The van der Waals surface area contributed by atoms with Crippen molar-refractivity contribution in [3.8, 4) is 17.0 Å². The lowest BCUT2D eigenvalue weighted by Crippen LogP contribution is -2.60. The quantitative estimate of drug-likeness (QED) is 0.706. The van der Waals surface area contributed by atoms with Crippen LogP contribution in [0, 0.1) is 0 Å². The number of aromatic nitrogens is 4. The summed E-state index contributed by atoms with van der Waals surface area (Å²) in [5.74, 6) is 0.477. The normalized spacial score (nSPS) is 28.6. The van der Waals surface area contributed by atoms with Gasteiger partial charge in [0.15, 0.2) is 0 Å². The Bertz CT molecular complexity index is 1060.